The summed E-state index contributed by atoms with van der Waals surface area (Å²) in [6.45, 7) is 4.67. The third-order valence-electron chi connectivity index (χ3n) is 2.45. The Morgan fingerprint density at radius 1 is 0.611 bits per heavy atom. The number of rotatable bonds is 0. The molecule has 0 fully saturated rings. The first-order valence-corrected chi connectivity index (χ1v) is 5.12. The molecule has 0 nitrogen and oxygen atoms in total. The minimum Gasteiger partial charge on any atom is -0.166 e. The SMILES string of the molecule is CC(C)(C)c1cc(C(F)(F)F)cc(C(F)(F)F)c1. The van der Waals surface area contributed by atoms with Gasteiger partial charge in [-0.25, -0.2) is 0 Å². The Labute approximate surface area is 101 Å². The number of benzene rings is 1. The lowest BCUT2D eigenvalue weighted by molar-refractivity contribution is -0.143. The van der Waals surface area contributed by atoms with Crippen molar-refractivity contribution in [2.24, 2.45) is 0 Å². The van der Waals surface area contributed by atoms with Crippen molar-refractivity contribution < 1.29 is 26.3 Å². The summed E-state index contributed by atoms with van der Waals surface area (Å²) < 4.78 is 75.3. The average molecular weight is 270 g/mol. The Kier molecular flexibility index (Phi) is 3.44. The first-order valence-electron chi connectivity index (χ1n) is 5.12. The summed E-state index contributed by atoms with van der Waals surface area (Å²) in [7, 11) is 0. The monoisotopic (exact) mass is 270 g/mol. The van der Waals surface area contributed by atoms with E-state index in [0.29, 0.717) is 0 Å². The zero-order valence-corrected chi connectivity index (χ0v) is 10.00. The van der Waals surface area contributed by atoms with Crippen molar-refractivity contribution in [3.8, 4) is 0 Å². The number of alkyl halides is 6. The summed E-state index contributed by atoms with van der Waals surface area (Å²) >= 11 is 0. The molecule has 0 unspecified atom stereocenters. The normalized spacial score (nSPS) is 13.8. The molecule has 0 heterocycles. The van der Waals surface area contributed by atoms with E-state index in [-0.39, 0.29) is 11.6 Å². The van der Waals surface area contributed by atoms with Gasteiger partial charge in [0, 0.05) is 0 Å². The molecule has 0 N–H and O–H groups in total. The minimum absolute atomic E-state index is 0.00431. The van der Waals surface area contributed by atoms with E-state index in [1.807, 2.05) is 0 Å². The van der Waals surface area contributed by atoms with E-state index >= 15 is 0 Å². The van der Waals surface area contributed by atoms with Gasteiger partial charge < -0.3 is 0 Å². The standard InChI is InChI=1S/C12H12F6/c1-10(2,3)7-4-8(11(13,14)15)6-9(5-7)12(16,17)18/h4-6H,1-3H3. The summed E-state index contributed by atoms with van der Waals surface area (Å²) in [6.07, 6.45) is -9.58. The molecule has 0 bridgehead atoms. The van der Waals surface area contributed by atoms with E-state index in [9.17, 15) is 26.3 Å². The van der Waals surface area contributed by atoms with Crippen molar-refractivity contribution in [3.05, 3.63) is 34.9 Å². The van der Waals surface area contributed by atoms with E-state index in [4.69, 9.17) is 0 Å². The second-order valence-corrected chi connectivity index (χ2v) is 5.04. The second-order valence-electron chi connectivity index (χ2n) is 5.04. The second kappa shape index (κ2) is 4.17. The maximum atomic E-state index is 12.6. The lowest BCUT2D eigenvalue weighted by Crippen LogP contribution is -2.17. The molecule has 0 spiro atoms. The molecular formula is C12H12F6. The molecule has 0 saturated carbocycles. The fraction of sp³-hybridized carbons (Fsp3) is 0.500. The van der Waals surface area contributed by atoms with E-state index in [0.717, 1.165) is 12.1 Å². The number of hydrogen-bond donors (Lipinski definition) is 0. The van der Waals surface area contributed by atoms with Gasteiger partial charge in [-0.05, 0) is 29.2 Å². The smallest absolute Gasteiger partial charge is 0.166 e. The Bertz CT molecular complexity index is 354. The van der Waals surface area contributed by atoms with Gasteiger partial charge in [0.2, 0.25) is 0 Å². The van der Waals surface area contributed by atoms with Crippen LogP contribution in [0.2, 0.25) is 0 Å². The molecule has 0 amide bonds. The highest BCUT2D eigenvalue weighted by atomic mass is 19.4. The molecule has 18 heavy (non-hydrogen) atoms. The van der Waals surface area contributed by atoms with Gasteiger partial charge in [-0.1, -0.05) is 20.8 Å². The molecule has 0 aliphatic carbocycles. The molecule has 1 aromatic carbocycles. The van der Waals surface area contributed by atoms with E-state index < -0.39 is 28.9 Å². The van der Waals surface area contributed by atoms with Crippen LogP contribution in [0.15, 0.2) is 18.2 Å². The van der Waals surface area contributed by atoms with Crippen molar-refractivity contribution in [1.29, 1.82) is 0 Å². The molecule has 0 saturated heterocycles. The summed E-state index contributed by atoms with van der Waals surface area (Å²) in [5, 5.41) is 0. The van der Waals surface area contributed by atoms with Crippen LogP contribution in [0.25, 0.3) is 0 Å². The molecule has 0 aliphatic heterocycles. The van der Waals surface area contributed by atoms with Crippen LogP contribution in [0.1, 0.15) is 37.5 Å². The van der Waals surface area contributed by atoms with Gasteiger partial charge in [-0.15, -0.1) is 0 Å². The highest BCUT2D eigenvalue weighted by Gasteiger charge is 2.37. The zero-order valence-electron chi connectivity index (χ0n) is 10.00. The molecule has 1 rings (SSSR count). The molecule has 0 radical (unpaired) electrons. The predicted molar refractivity (Wildman–Crippen MR) is 55.1 cm³/mol. The molecule has 102 valence electrons. The van der Waals surface area contributed by atoms with E-state index in [1.165, 1.54) is 0 Å². The van der Waals surface area contributed by atoms with E-state index in [2.05, 4.69) is 0 Å². The highest BCUT2D eigenvalue weighted by molar-refractivity contribution is 5.36. The summed E-state index contributed by atoms with van der Waals surface area (Å²) in [5.74, 6) is 0. The van der Waals surface area contributed by atoms with Crippen molar-refractivity contribution in [1.82, 2.24) is 0 Å². The topological polar surface area (TPSA) is 0 Å². The molecule has 0 atom stereocenters. The molecular weight excluding hydrogens is 258 g/mol. The van der Waals surface area contributed by atoms with Gasteiger partial charge in [0.15, 0.2) is 0 Å². The fourth-order valence-corrected chi connectivity index (χ4v) is 1.39. The van der Waals surface area contributed by atoms with Gasteiger partial charge in [0.25, 0.3) is 0 Å². The fourth-order valence-electron chi connectivity index (χ4n) is 1.39. The van der Waals surface area contributed by atoms with Crippen molar-refractivity contribution in [2.75, 3.05) is 0 Å². The van der Waals surface area contributed by atoms with Crippen LogP contribution in [0, 0.1) is 0 Å². The molecule has 1 aromatic rings. The van der Waals surface area contributed by atoms with Crippen LogP contribution in [0.4, 0.5) is 26.3 Å². The summed E-state index contributed by atoms with van der Waals surface area (Å²) in [6, 6.07) is 1.65. The largest absolute Gasteiger partial charge is 0.416 e. The Hall–Kier alpha value is -1.20. The maximum Gasteiger partial charge on any atom is 0.416 e. The minimum atomic E-state index is -4.79. The third kappa shape index (κ3) is 3.40. The van der Waals surface area contributed by atoms with Crippen LogP contribution in [0.3, 0.4) is 0 Å². The maximum absolute atomic E-state index is 12.6. The van der Waals surface area contributed by atoms with Crippen LogP contribution in [-0.2, 0) is 17.8 Å². The van der Waals surface area contributed by atoms with Crippen molar-refractivity contribution >= 4 is 0 Å². The van der Waals surface area contributed by atoms with Gasteiger partial charge in [-0.3, -0.25) is 0 Å². The van der Waals surface area contributed by atoms with Crippen LogP contribution in [0.5, 0.6) is 0 Å². The Balaban J connectivity index is 3.49. The molecule has 6 heteroatoms. The summed E-state index contributed by atoms with van der Waals surface area (Å²) in [5.41, 5.74) is -3.34. The summed E-state index contributed by atoms with van der Waals surface area (Å²) in [4.78, 5) is 0. The highest BCUT2D eigenvalue weighted by Crippen LogP contribution is 2.38. The predicted octanol–water partition coefficient (Wildman–Crippen LogP) is 5.02. The Morgan fingerprint density at radius 2 is 0.889 bits per heavy atom. The van der Waals surface area contributed by atoms with Gasteiger partial charge in [0.1, 0.15) is 0 Å². The zero-order chi connectivity index (χ0) is 14.4. The quantitative estimate of drug-likeness (QED) is 0.580. The first kappa shape index (κ1) is 14.9. The lowest BCUT2D eigenvalue weighted by atomic mass is 9.85. The van der Waals surface area contributed by atoms with Crippen molar-refractivity contribution in [3.63, 3.8) is 0 Å². The van der Waals surface area contributed by atoms with Gasteiger partial charge in [0.05, 0.1) is 11.1 Å². The van der Waals surface area contributed by atoms with Gasteiger partial charge in [-0.2, -0.15) is 26.3 Å². The van der Waals surface area contributed by atoms with Crippen LogP contribution < -0.4 is 0 Å². The number of halogens is 6. The average Bonchev–Trinajstić information content (AvgIpc) is 2.13. The van der Waals surface area contributed by atoms with Gasteiger partial charge >= 0.3 is 12.4 Å². The van der Waals surface area contributed by atoms with Crippen molar-refractivity contribution in [2.45, 2.75) is 38.5 Å². The lowest BCUT2D eigenvalue weighted by Gasteiger charge is -2.22. The van der Waals surface area contributed by atoms with Crippen LogP contribution >= 0.6 is 0 Å². The molecule has 0 aliphatic rings. The third-order valence-corrected chi connectivity index (χ3v) is 2.45. The first-order chi connectivity index (χ1) is 7.82. The Morgan fingerprint density at radius 3 is 1.11 bits per heavy atom. The van der Waals surface area contributed by atoms with Crippen LogP contribution in [-0.4, -0.2) is 0 Å². The molecule has 0 aromatic heterocycles. The number of hydrogen-bond acceptors (Lipinski definition) is 0. The van der Waals surface area contributed by atoms with E-state index in [1.54, 1.807) is 20.8 Å².